The number of hydrogen-bond acceptors (Lipinski definition) is 22. The molecule has 1 heterocycles. The molecule has 22 nitrogen and oxygen atoms in total. The summed E-state index contributed by atoms with van der Waals surface area (Å²) in [6, 6.07) is 11.9. The second-order valence-electron chi connectivity index (χ2n) is 25.9. The molecule has 0 amide bonds. The molecule has 0 aromatic heterocycles. The quantitative estimate of drug-likeness (QED) is 0.0245. The van der Waals surface area contributed by atoms with E-state index in [4.69, 9.17) is 80.5 Å². The van der Waals surface area contributed by atoms with E-state index in [0.717, 1.165) is 96.3 Å². The van der Waals surface area contributed by atoms with E-state index in [1.807, 2.05) is 76.2 Å². The van der Waals surface area contributed by atoms with Gasteiger partial charge in [0.1, 0.15) is 12.7 Å². The molecule has 4 aromatic carbocycles. The number of benzene rings is 4. The molecule has 0 radical (unpaired) electrons. The van der Waals surface area contributed by atoms with Gasteiger partial charge in [0.25, 0.3) is 0 Å². The highest BCUT2D eigenvalue weighted by Gasteiger charge is 2.53. The molecule has 0 saturated carbocycles. The number of carbonyl (C=O) groups excluding carboxylic acids is 4. The maximum absolute atomic E-state index is 15.7. The number of carbonyl (C=O) groups is 4. The van der Waals surface area contributed by atoms with Crippen molar-refractivity contribution in [2.45, 2.75) is 268 Å². The number of aliphatic hydroxyl groups is 1. The van der Waals surface area contributed by atoms with Crippen molar-refractivity contribution in [2.75, 3.05) is 85.9 Å². The van der Waals surface area contributed by atoms with E-state index in [1.54, 1.807) is 0 Å². The molecular weight excluding hydrogens is 1340 g/mol. The summed E-state index contributed by atoms with van der Waals surface area (Å²) in [4.78, 5) is 61.5. The lowest BCUT2D eigenvalue weighted by Crippen LogP contribution is -2.62. The predicted octanol–water partition coefficient (Wildman–Crippen LogP) is 18.4. The second-order valence-corrected chi connectivity index (χ2v) is 25.9. The van der Waals surface area contributed by atoms with E-state index in [1.165, 1.54) is 48.5 Å². The molecular formula is C82H124O22. The van der Waals surface area contributed by atoms with E-state index in [-0.39, 0.29) is 114 Å². The fourth-order valence-corrected chi connectivity index (χ4v) is 10.3. The molecule has 1 N–H and O–H groups in total. The Morgan fingerprint density at radius 3 is 0.692 bits per heavy atom. The second kappa shape index (κ2) is 50.7. The fourth-order valence-electron chi connectivity index (χ4n) is 10.3. The van der Waals surface area contributed by atoms with Gasteiger partial charge >= 0.3 is 23.9 Å². The first kappa shape index (κ1) is 86.9. The van der Waals surface area contributed by atoms with Gasteiger partial charge in [0.15, 0.2) is 70.6 Å². The van der Waals surface area contributed by atoms with E-state index < -0.39 is 61.2 Å². The summed E-state index contributed by atoms with van der Waals surface area (Å²) in [5.41, 5.74) is -0.289. The van der Waals surface area contributed by atoms with Crippen molar-refractivity contribution < 1.29 is 105 Å². The van der Waals surface area contributed by atoms with Crippen molar-refractivity contribution >= 4 is 23.9 Å². The minimum atomic E-state index is -2.18. The molecule has 584 valence electrons. The van der Waals surface area contributed by atoms with Gasteiger partial charge in [-0.05, 0) is 126 Å². The summed E-state index contributed by atoms with van der Waals surface area (Å²) in [5.74, 6) is -1.08. The molecule has 1 aliphatic rings. The SMILES string of the molecule is CCCCOc1cc(C(=O)OCC2OC(O)[C@H](OC(=O)c3cc(OCCCC)c(OCCCC)c(OCCCC)c3)[C@@H](OC(=O)c3cc(OCCCC)c(OCCCC)c(OCCCC)c3)C2OC(=O)c2cc(OCCCC)c(OCCCC)c(OCCCC)c2)cc(OCCCC)c1OCCCC. The summed E-state index contributed by atoms with van der Waals surface area (Å²) >= 11 is 0. The van der Waals surface area contributed by atoms with Crippen LogP contribution in [-0.4, -0.2) is 146 Å². The van der Waals surface area contributed by atoms with Gasteiger partial charge in [-0.1, -0.05) is 160 Å². The zero-order valence-corrected chi connectivity index (χ0v) is 64.7. The monoisotopic (exact) mass is 1460 g/mol. The minimum Gasteiger partial charge on any atom is -0.490 e. The maximum atomic E-state index is 15.7. The minimum absolute atomic E-state index is 0.00637. The van der Waals surface area contributed by atoms with E-state index in [9.17, 15) is 9.90 Å². The molecule has 1 saturated heterocycles. The number of esters is 4. The van der Waals surface area contributed by atoms with Crippen LogP contribution in [0.25, 0.3) is 0 Å². The van der Waals surface area contributed by atoms with Gasteiger partial charge in [-0.2, -0.15) is 0 Å². The number of hydrogen-bond donors (Lipinski definition) is 1. The summed E-state index contributed by atoms with van der Waals surface area (Å²) in [7, 11) is 0. The molecule has 0 bridgehead atoms. The van der Waals surface area contributed by atoms with Gasteiger partial charge in [-0.25, -0.2) is 19.2 Å². The molecule has 1 fully saturated rings. The van der Waals surface area contributed by atoms with Crippen molar-refractivity contribution in [2.24, 2.45) is 0 Å². The van der Waals surface area contributed by atoms with Gasteiger partial charge < -0.3 is 85.6 Å². The highest BCUT2D eigenvalue weighted by molar-refractivity contribution is 5.94. The van der Waals surface area contributed by atoms with Crippen molar-refractivity contribution in [3.8, 4) is 69.0 Å². The molecule has 4 aromatic rings. The van der Waals surface area contributed by atoms with Crippen LogP contribution in [0.3, 0.4) is 0 Å². The first-order valence-corrected chi connectivity index (χ1v) is 39.1. The Morgan fingerprint density at radius 2 is 0.471 bits per heavy atom. The Labute approximate surface area is 619 Å². The van der Waals surface area contributed by atoms with Crippen LogP contribution in [0.4, 0.5) is 0 Å². The van der Waals surface area contributed by atoms with Crippen LogP contribution in [0.5, 0.6) is 69.0 Å². The highest BCUT2D eigenvalue weighted by Crippen LogP contribution is 2.45. The van der Waals surface area contributed by atoms with Gasteiger partial charge in [0, 0.05) is 0 Å². The van der Waals surface area contributed by atoms with Gasteiger partial charge in [0.2, 0.25) is 23.0 Å². The topological polar surface area (TPSA) is 245 Å². The molecule has 1 aliphatic heterocycles. The Kier molecular flexibility index (Phi) is 42.4. The average molecular weight is 1460 g/mol. The van der Waals surface area contributed by atoms with Crippen molar-refractivity contribution in [3.05, 3.63) is 70.8 Å². The molecule has 0 spiro atoms. The Balaban J connectivity index is 1.83. The van der Waals surface area contributed by atoms with E-state index in [2.05, 4.69) is 6.92 Å². The normalized spacial score (nSPS) is 15.5. The van der Waals surface area contributed by atoms with Crippen LogP contribution in [0.2, 0.25) is 0 Å². The van der Waals surface area contributed by atoms with Gasteiger partial charge in [-0.15, -0.1) is 0 Å². The molecule has 22 heteroatoms. The van der Waals surface area contributed by atoms with Crippen molar-refractivity contribution in [1.82, 2.24) is 0 Å². The van der Waals surface area contributed by atoms with Crippen LogP contribution in [0.15, 0.2) is 48.5 Å². The van der Waals surface area contributed by atoms with Crippen LogP contribution in [-0.2, 0) is 23.7 Å². The Bertz CT molecular complexity index is 2990. The third-order valence-electron chi connectivity index (χ3n) is 16.8. The van der Waals surface area contributed by atoms with Gasteiger partial charge in [0.05, 0.1) is 102 Å². The number of rotatable bonds is 57. The largest absolute Gasteiger partial charge is 0.490 e. The number of ether oxygens (including phenoxy) is 17. The first-order chi connectivity index (χ1) is 50.7. The molecule has 3 unspecified atom stereocenters. The zero-order valence-electron chi connectivity index (χ0n) is 64.7. The number of aliphatic hydroxyl groups excluding tert-OH is 1. The molecule has 104 heavy (non-hydrogen) atoms. The van der Waals surface area contributed by atoms with E-state index >= 15 is 14.4 Å². The maximum Gasteiger partial charge on any atom is 0.339 e. The van der Waals surface area contributed by atoms with E-state index in [0.29, 0.717) is 115 Å². The van der Waals surface area contributed by atoms with Crippen molar-refractivity contribution in [3.63, 3.8) is 0 Å². The summed E-state index contributed by atoms with van der Waals surface area (Å²) in [5, 5.41) is 12.7. The summed E-state index contributed by atoms with van der Waals surface area (Å²) in [6.07, 6.45) is 8.48. The smallest absolute Gasteiger partial charge is 0.339 e. The lowest BCUT2D eigenvalue weighted by atomic mass is 9.97. The molecule has 0 aliphatic carbocycles. The lowest BCUT2D eigenvalue weighted by molar-refractivity contribution is -0.284. The third-order valence-corrected chi connectivity index (χ3v) is 16.8. The van der Waals surface area contributed by atoms with Crippen LogP contribution in [0, 0.1) is 0 Å². The standard InChI is InChI=1S/C82H124O22/c1-13-25-37-88-62-49-58(50-63(89-38-26-14-2)71(62)96-45-33-21-9)78(83)100-57-70-75(102-79(84)59-51-64(90-39-27-15-3)72(97-46-34-22-10)65(52-59)91-40-28-16-4)76(103-80(85)60-53-66(92-41-29-17-5)73(98-47-35-23-11)67(54-60)93-42-30-18-6)77(82(87)101-70)104-81(86)61-55-68(94-43-31-19-7)74(99-48-36-24-12)69(56-61)95-44-32-20-8/h49-56,70,75-77,82,87H,13-48,57H2,1-12H3/t70?,75?,76-,77+,82?/m0/s1. The Morgan fingerprint density at radius 1 is 0.279 bits per heavy atom. The predicted molar refractivity (Wildman–Crippen MR) is 399 cm³/mol. The first-order valence-electron chi connectivity index (χ1n) is 39.1. The molecule has 5 rings (SSSR count). The summed E-state index contributed by atoms with van der Waals surface area (Å²) < 4.78 is 109. The lowest BCUT2D eigenvalue weighted by Gasteiger charge is -2.42. The zero-order chi connectivity index (χ0) is 75.3. The van der Waals surface area contributed by atoms with Crippen molar-refractivity contribution in [1.29, 1.82) is 0 Å². The van der Waals surface area contributed by atoms with Crippen LogP contribution in [0.1, 0.15) is 279 Å². The van der Waals surface area contributed by atoms with Gasteiger partial charge in [-0.3, -0.25) is 0 Å². The third kappa shape index (κ3) is 28.6. The highest BCUT2D eigenvalue weighted by atomic mass is 16.7. The number of unbranched alkanes of at least 4 members (excludes halogenated alkanes) is 12. The van der Waals surface area contributed by atoms with Crippen LogP contribution >= 0.6 is 0 Å². The Hall–Kier alpha value is -7.72. The van der Waals surface area contributed by atoms with Crippen LogP contribution < -0.4 is 56.8 Å². The molecule has 5 atom stereocenters. The summed E-state index contributed by atoms with van der Waals surface area (Å²) in [6.45, 7) is 27.2. The average Bonchev–Trinajstić information content (AvgIpc) is 0.777. The fraction of sp³-hybridized carbons (Fsp3) is 0.659.